The number of nitrogens with zero attached hydrogens (tertiary/aromatic N) is 2. The van der Waals surface area contributed by atoms with E-state index in [0.717, 1.165) is 10.2 Å². The van der Waals surface area contributed by atoms with E-state index < -0.39 is 5.76 Å². The predicted octanol–water partition coefficient (Wildman–Crippen LogP) is 3.48. The lowest BCUT2D eigenvalue weighted by atomic mass is 10.2. The standard InChI is InChI=1S/C17H13N3O3S/c1-2-20-12-9-10(7-8-13(12)23-17(20)22)15(21)19-16-18-11-5-3-4-6-14(11)24-16/h3-9H,2H2,1H3,(H,18,19,21). The first-order chi connectivity index (χ1) is 11.7. The maximum absolute atomic E-state index is 12.5. The van der Waals surface area contributed by atoms with Gasteiger partial charge in [0.25, 0.3) is 5.91 Å². The summed E-state index contributed by atoms with van der Waals surface area (Å²) < 4.78 is 7.65. The molecule has 120 valence electrons. The van der Waals surface area contributed by atoms with E-state index >= 15 is 0 Å². The maximum Gasteiger partial charge on any atom is 0.419 e. The van der Waals surface area contributed by atoms with Crippen molar-refractivity contribution in [2.45, 2.75) is 13.5 Å². The van der Waals surface area contributed by atoms with Gasteiger partial charge in [0.05, 0.1) is 15.7 Å². The molecule has 4 rings (SSSR count). The molecule has 2 heterocycles. The minimum Gasteiger partial charge on any atom is -0.408 e. The molecule has 0 radical (unpaired) electrons. The Labute approximate surface area is 140 Å². The van der Waals surface area contributed by atoms with Gasteiger partial charge in [-0.05, 0) is 37.3 Å². The number of hydrogen-bond acceptors (Lipinski definition) is 5. The van der Waals surface area contributed by atoms with E-state index in [1.165, 1.54) is 15.9 Å². The summed E-state index contributed by atoms with van der Waals surface area (Å²) >= 11 is 1.42. The van der Waals surface area contributed by atoms with Gasteiger partial charge >= 0.3 is 5.76 Å². The maximum atomic E-state index is 12.5. The Kier molecular flexibility index (Phi) is 3.42. The van der Waals surface area contributed by atoms with Gasteiger partial charge in [-0.1, -0.05) is 23.5 Å². The van der Waals surface area contributed by atoms with Crippen molar-refractivity contribution in [3.63, 3.8) is 0 Å². The van der Waals surface area contributed by atoms with Gasteiger partial charge in [0.15, 0.2) is 10.7 Å². The highest BCUT2D eigenvalue weighted by atomic mass is 32.1. The molecule has 6 nitrogen and oxygen atoms in total. The molecule has 7 heteroatoms. The smallest absolute Gasteiger partial charge is 0.408 e. The zero-order valence-electron chi connectivity index (χ0n) is 12.8. The summed E-state index contributed by atoms with van der Waals surface area (Å²) in [6, 6.07) is 12.6. The second kappa shape index (κ2) is 5.61. The van der Waals surface area contributed by atoms with Crippen LogP contribution >= 0.6 is 11.3 Å². The van der Waals surface area contributed by atoms with Crippen LogP contribution in [0.15, 0.2) is 51.7 Å². The van der Waals surface area contributed by atoms with Crippen molar-refractivity contribution in [1.82, 2.24) is 9.55 Å². The van der Waals surface area contributed by atoms with Gasteiger partial charge in [0.1, 0.15) is 0 Å². The van der Waals surface area contributed by atoms with Gasteiger partial charge in [-0.2, -0.15) is 0 Å². The Morgan fingerprint density at radius 2 is 2.12 bits per heavy atom. The SMILES string of the molecule is CCn1c(=O)oc2ccc(C(=O)Nc3nc4ccccc4s3)cc21. The summed E-state index contributed by atoms with van der Waals surface area (Å²) in [5.41, 5.74) is 2.38. The molecule has 0 unspecified atom stereocenters. The number of rotatable bonds is 3. The highest BCUT2D eigenvalue weighted by molar-refractivity contribution is 7.22. The van der Waals surface area contributed by atoms with Crippen LogP contribution in [0, 0.1) is 0 Å². The average molecular weight is 339 g/mol. The van der Waals surface area contributed by atoms with Crippen molar-refractivity contribution in [3.05, 3.63) is 58.6 Å². The molecule has 0 aliphatic heterocycles. The third kappa shape index (κ3) is 2.39. The number of thiazole rings is 1. The summed E-state index contributed by atoms with van der Waals surface area (Å²) in [6.45, 7) is 2.33. The van der Waals surface area contributed by atoms with E-state index in [0.29, 0.717) is 28.3 Å². The topological polar surface area (TPSA) is 77.1 Å². The number of aromatic nitrogens is 2. The molecule has 24 heavy (non-hydrogen) atoms. The summed E-state index contributed by atoms with van der Waals surface area (Å²) in [6.07, 6.45) is 0. The molecule has 0 spiro atoms. The van der Waals surface area contributed by atoms with Gasteiger partial charge in [-0.25, -0.2) is 9.78 Å². The number of amides is 1. The number of carbonyl (C=O) groups is 1. The number of nitrogens with one attached hydrogen (secondary N) is 1. The highest BCUT2D eigenvalue weighted by Gasteiger charge is 2.14. The Balaban J connectivity index is 1.68. The Hall–Kier alpha value is -2.93. The molecule has 2 aromatic heterocycles. The molecule has 0 saturated heterocycles. The molecule has 0 aliphatic carbocycles. The van der Waals surface area contributed by atoms with E-state index in [1.54, 1.807) is 18.2 Å². The van der Waals surface area contributed by atoms with Crippen LogP contribution in [-0.2, 0) is 6.54 Å². The number of benzene rings is 2. The minimum atomic E-state index is -0.420. The number of anilines is 1. The lowest BCUT2D eigenvalue weighted by Crippen LogP contribution is -2.13. The van der Waals surface area contributed by atoms with Crippen LogP contribution in [0.4, 0.5) is 5.13 Å². The van der Waals surface area contributed by atoms with Crippen molar-refractivity contribution < 1.29 is 9.21 Å². The normalized spacial score (nSPS) is 11.2. The van der Waals surface area contributed by atoms with Gasteiger partial charge in [0.2, 0.25) is 0 Å². The van der Waals surface area contributed by atoms with Crippen LogP contribution in [0.5, 0.6) is 0 Å². The molecule has 0 saturated carbocycles. The molecular weight excluding hydrogens is 326 g/mol. The van der Waals surface area contributed by atoms with Gasteiger partial charge < -0.3 is 4.42 Å². The molecule has 0 bridgehead atoms. The largest absolute Gasteiger partial charge is 0.419 e. The zero-order chi connectivity index (χ0) is 16.7. The van der Waals surface area contributed by atoms with Crippen LogP contribution in [0.2, 0.25) is 0 Å². The van der Waals surface area contributed by atoms with E-state index in [2.05, 4.69) is 10.3 Å². The lowest BCUT2D eigenvalue weighted by molar-refractivity contribution is 0.102. The third-order valence-corrected chi connectivity index (χ3v) is 4.71. The first-order valence-electron chi connectivity index (χ1n) is 7.46. The number of para-hydroxylation sites is 1. The molecule has 1 amide bonds. The van der Waals surface area contributed by atoms with Crippen LogP contribution in [-0.4, -0.2) is 15.5 Å². The quantitative estimate of drug-likeness (QED) is 0.620. The van der Waals surface area contributed by atoms with Crippen molar-refractivity contribution in [2.24, 2.45) is 0 Å². The Bertz CT molecular complexity index is 1090. The van der Waals surface area contributed by atoms with Crippen LogP contribution in [0.3, 0.4) is 0 Å². The fourth-order valence-corrected chi connectivity index (χ4v) is 3.46. The molecule has 4 aromatic rings. The number of carbonyl (C=O) groups excluding carboxylic acids is 1. The van der Waals surface area contributed by atoms with Crippen LogP contribution < -0.4 is 11.1 Å². The van der Waals surface area contributed by atoms with E-state index in [1.807, 2.05) is 31.2 Å². The van der Waals surface area contributed by atoms with Crippen molar-refractivity contribution in [1.29, 1.82) is 0 Å². The fourth-order valence-electron chi connectivity index (χ4n) is 2.60. The lowest BCUT2D eigenvalue weighted by Gasteiger charge is -2.02. The van der Waals surface area contributed by atoms with Crippen molar-refractivity contribution in [3.8, 4) is 0 Å². The monoisotopic (exact) mass is 339 g/mol. The summed E-state index contributed by atoms with van der Waals surface area (Å²) in [4.78, 5) is 28.6. The second-order valence-electron chi connectivity index (χ2n) is 5.24. The van der Waals surface area contributed by atoms with Crippen LogP contribution in [0.25, 0.3) is 21.3 Å². The van der Waals surface area contributed by atoms with Gasteiger partial charge in [-0.15, -0.1) is 0 Å². The highest BCUT2D eigenvalue weighted by Crippen LogP contribution is 2.26. The van der Waals surface area contributed by atoms with Gasteiger partial charge in [0, 0.05) is 12.1 Å². The van der Waals surface area contributed by atoms with Crippen molar-refractivity contribution in [2.75, 3.05) is 5.32 Å². The first kappa shape index (κ1) is 14.6. The predicted molar refractivity (Wildman–Crippen MR) is 93.7 cm³/mol. The summed E-state index contributed by atoms with van der Waals surface area (Å²) in [5, 5.41) is 3.35. The number of fused-ring (bicyclic) bond motifs is 2. The van der Waals surface area contributed by atoms with Crippen molar-refractivity contribution >= 4 is 43.7 Å². The van der Waals surface area contributed by atoms with E-state index in [-0.39, 0.29) is 5.91 Å². The summed E-state index contributed by atoms with van der Waals surface area (Å²) in [7, 11) is 0. The molecule has 2 aromatic carbocycles. The van der Waals surface area contributed by atoms with Crippen LogP contribution in [0.1, 0.15) is 17.3 Å². The molecule has 1 N–H and O–H groups in total. The Morgan fingerprint density at radius 3 is 2.92 bits per heavy atom. The van der Waals surface area contributed by atoms with E-state index in [4.69, 9.17) is 4.42 Å². The molecular formula is C17H13N3O3S. The first-order valence-corrected chi connectivity index (χ1v) is 8.27. The van der Waals surface area contributed by atoms with Gasteiger partial charge in [-0.3, -0.25) is 14.7 Å². The fraction of sp³-hybridized carbons (Fsp3) is 0.118. The summed E-state index contributed by atoms with van der Waals surface area (Å²) in [5.74, 6) is -0.691. The Morgan fingerprint density at radius 1 is 1.29 bits per heavy atom. The number of hydrogen-bond donors (Lipinski definition) is 1. The minimum absolute atomic E-state index is 0.271. The number of oxazole rings is 1. The number of aryl methyl sites for hydroxylation is 1. The molecule has 0 atom stereocenters. The zero-order valence-corrected chi connectivity index (χ0v) is 13.6. The second-order valence-corrected chi connectivity index (χ2v) is 6.27. The third-order valence-electron chi connectivity index (χ3n) is 3.76. The average Bonchev–Trinajstić information content (AvgIpc) is 3.12. The molecule has 0 fully saturated rings. The molecule has 0 aliphatic rings. The van der Waals surface area contributed by atoms with E-state index in [9.17, 15) is 9.59 Å².